The van der Waals surface area contributed by atoms with Crippen LogP contribution in [-0.4, -0.2) is 29.8 Å². The minimum Gasteiger partial charge on any atom is -0.333 e. The van der Waals surface area contributed by atoms with Gasteiger partial charge in [0.15, 0.2) is 0 Å². The first kappa shape index (κ1) is 17.2. The number of carbonyl (C=O) groups excluding carboxylic acids is 2. The van der Waals surface area contributed by atoms with E-state index < -0.39 is 0 Å². The van der Waals surface area contributed by atoms with Crippen molar-refractivity contribution in [1.29, 1.82) is 0 Å². The fraction of sp³-hybridized carbons (Fsp3) is 0.333. The monoisotopic (exact) mass is 336 g/mol. The van der Waals surface area contributed by atoms with Gasteiger partial charge in [-0.15, -0.1) is 0 Å². The van der Waals surface area contributed by atoms with Gasteiger partial charge >= 0.3 is 0 Å². The molecule has 0 saturated carbocycles. The van der Waals surface area contributed by atoms with E-state index in [0.29, 0.717) is 13.0 Å². The highest BCUT2D eigenvalue weighted by Crippen LogP contribution is 2.19. The number of nitrogens with zero attached hydrogens (tertiary/aromatic N) is 1. The fourth-order valence-electron chi connectivity index (χ4n) is 3.18. The Morgan fingerprint density at radius 3 is 2.56 bits per heavy atom. The largest absolute Gasteiger partial charge is 0.333 e. The molecule has 4 heteroatoms. The standard InChI is InChI=1S/C21H24N2O2/c24-20(16-23-14-8-2-5-13-21(23)25)22-19-12-7-6-11-18(19)15-17-9-3-1-4-10-17/h1,3-4,6-7,9-12H,2,5,8,13-16H2,(H,22,24). The normalized spacial score (nSPS) is 14.9. The average Bonchev–Trinajstić information content (AvgIpc) is 2.82. The molecule has 0 atom stereocenters. The highest BCUT2D eigenvalue weighted by molar-refractivity contribution is 5.95. The predicted octanol–water partition coefficient (Wildman–Crippen LogP) is 3.62. The maximum atomic E-state index is 12.4. The Hall–Kier alpha value is -2.62. The second kappa shape index (κ2) is 8.47. The first-order valence-electron chi connectivity index (χ1n) is 8.92. The third-order valence-electron chi connectivity index (χ3n) is 4.53. The smallest absolute Gasteiger partial charge is 0.244 e. The number of para-hydroxylation sites is 1. The van der Waals surface area contributed by atoms with Gasteiger partial charge in [-0.1, -0.05) is 55.0 Å². The minimum absolute atomic E-state index is 0.0882. The van der Waals surface area contributed by atoms with E-state index in [1.165, 1.54) is 5.56 Å². The number of carbonyl (C=O) groups is 2. The molecule has 25 heavy (non-hydrogen) atoms. The van der Waals surface area contributed by atoms with Crippen LogP contribution < -0.4 is 5.32 Å². The van der Waals surface area contributed by atoms with E-state index in [0.717, 1.165) is 36.9 Å². The Bertz CT molecular complexity index is 728. The van der Waals surface area contributed by atoms with Crippen LogP contribution in [-0.2, 0) is 16.0 Å². The van der Waals surface area contributed by atoms with E-state index in [9.17, 15) is 9.59 Å². The van der Waals surface area contributed by atoms with Crippen molar-refractivity contribution in [3.05, 3.63) is 65.7 Å². The Morgan fingerprint density at radius 1 is 0.960 bits per heavy atom. The molecule has 1 aliphatic rings. The molecule has 2 amide bonds. The van der Waals surface area contributed by atoms with E-state index in [4.69, 9.17) is 0 Å². The van der Waals surface area contributed by atoms with Crippen molar-refractivity contribution in [3.63, 3.8) is 0 Å². The Kier molecular flexibility index (Phi) is 5.83. The first-order valence-corrected chi connectivity index (χ1v) is 8.92. The number of nitrogens with one attached hydrogen (secondary N) is 1. The second-order valence-electron chi connectivity index (χ2n) is 6.49. The molecule has 0 unspecified atom stereocenters. The molecule has 1 N–H and O–H groups in total. The van der Waals surface area contributed by atoms with E-state index in [2.05, 4.69) is 17.4 Å². The Morgan fingerprint density at radius 2 is 1.72 bits per heavy atom. The number of likely N-dealkylation sites (tertiary alicyclic amines) is 1. The van der Waals surface area contributed by atoms with Gasteiger partial charge in [0.2, 0.25) is 11.8 Å². The van der Waals surface area contributed by atoms with Crippen molar-refractivity contribution in [3.8, 4) is 0 Å². The summed E-state index contributed by atoms with van der Waals surface area (Å²) in [5.41, 5.74) is 3.09. The van der Waals surface area contributed by atoms with Crippen LogP contribution in [0, 0.1) is 0 Å². The SMILES string of the molecule is O=C(CN1CCCCCC1=O)Nc1ccccc1Cc1ccccc1. The van der Waals surface area contributed by atoms with E-state index >= 15 is 0 Å². The summed E-state index contributed by atoms with van der Waals surface area (Å²) in [6, 6.07) is 18.0. The zero-order valence-corrected chi connectivity index (χ0v) is 14.4. The summed E-state index contributed by atoms with van der Waals surface area (Å²) in [6.07, 6.45) is 4.28. The van der Waals surface area contributed by atoms with Gasteiger partial charge in [-0.2, -0.15) is 0 Å². The number of rotatable bonds is 5. The van der Waals surface area contributed by atoms with Gasteiger partial charge in [-0.3, -0.25) is 9.59 Å². The maximum absolute atomic E-state index is 12.4. The summed E-state index contributed by atoms with van der Waals surface area (Å²) in [5.74, 6) is -0.0408. The van der Waals surface area contributed by atoms with Gasteiger partial charge in [0.25, 0.3) is 0 Å². The molecule has 2 aromatic rings. The van der Waals surface area contributed by atoms with Gasteiger partial charge < -0.3 is 10.2 Å². The molecule has 0 radical (unpaired) electrons. The summed E-state index contributed by atoms with van der Waals surface area (Å²) < 4.78 is 0. The van der Waals surface area contributed by atoms with Crippen LogP contribution in [0.5, 0.6) is 0 Å². The summed E-state index contributed by atoms with van der Waals surface area (Å²) in [4.78, 5) is 26.2. The van der Waals surface area contributed by atoms with Gasteiger partial charge in [0.1, 0.15) is 0 Å². The van der Waals surface area contributed by atoms with E-state index in [1.807, 2.05) is 42.5 Å². The third-order valence-corrected chi connectivity index (χ3v) is 4.53. The number of hydrogen-bond acceptors (Lipinski definition) is 2. The lowest BCUT2D eigenvalue weighted by molar-refractivity contribution is -0.134. The van der Waals surface area contributed by atoms with E-state index in [1.54, 1.807) is 4.90 Å². The molecule has 1 aliphatic heterocycles. The fourth-order valence-corrected chi connectivity index (χ4v) is 3.18. The van der Waals surface area contributed by atoms with Gasteiger partial charge in [0, 0.05) is 18.7 Å². The average molecular weight is 336 g/mol. The highest BCUT2D eigenvalue weighted by atomic mass is 16.2. The van der Waals surface area contributed by atoms with Crippen molar-refractivity contribution < 1.29 is 9.59 Å². The lowest BCUT2D eigenvalue weighted by Crippen LogP contribution is -2.37. The lowest BCUT2D eigenvalue weighted by Gasteiger charge is -2.20. The minimum atomic E-state index is -0.129. The summed E-state index contributed by atoms with van der Waals surface area (Å²) >= 11 is 0. The predicted molar refractivity (Wildman–Crippen MR) is 99.4 cm³/mol. The first-order chi connectivity index (χ1) is 12.2. The maximum Gasteiger partial charge on any atom is 0.244 e. The van der Waals surface area contributed by atoms with E-state index in [-0.39, 0.29) is 18.4 Å². The van der Waals surface area contributed by atoms with Crippen molar-refractivity contribution in [1.82, 2.24) is 4.90 Å². The number of benzene rings is 2. The topological polar surface area (TPSA) is 49.4 Å². The highest BCUT2D eigenvalue weighted by Gasteiger charge is 2.19. The van der Waals surface area contributed by atoms with Crippen LogP contribution >= 0.6 is 0 Å². The molecule has 1 fully saturated rings. The van der Waals surface area contributed by atoms with Gasteiger partial charge in [0.05, 0.1) is 6.54 Å². The van der Waals surface area contributed by atoms with Crippen molar-refractivity contribution in [2.24, 2.45) is 0 Å². The molecule has 3 rings (SSSR count). The molecule has 1 saturated heterocycles. The number of hydrogen-bond donors (Lipinski definition) is 1. The van der Waals surface area contributed by atoms with Crippen molar-refractivity contribution in [2.45, 2.75) is 32.1 Å². The van der Waals surface area contributed by atoms with Crippen LogP contribution in [0.2, 0.25) is 0 Å². The zero-order valence-electron chi connectivity index (χ0n) is 14.4. The molecule has 4 nitrogen and oxygen atoms in total. The van der Waals surface area contributed by atoms with Crippen LogP contribution in [0.3, 0.4) is 0 Å². The number of anilines is 1. The molecule has 1 heterocycles. The van der Waals surface area contributed by atoms with Crippen LogP contribution in [0.25, 0.3) is 0 Å². The summed E-state index contributed by atoms with van der Waals surface area (Å²) in [6.45, 7) is 0.816. The van der Waals surface area contributed by atoms with Crippen LogP contribution in [0.1, 0.15) is 36.8 Å². The lowest BCUT2D eigenvalue weighted by atomic mass is 10.0. The molecule has 130 valence electrons. The molecule has 0 spiro atoms. The third kappa shape index (κ3) is 4.92. The Balaban J connectivity index is 1.66. The summed E-state index contributed by atoms with van der Waals surface area (Å²) in [5, 5.41) is 2.99. The molecule has 0 bridgehead atoms. The Labute approximate surface area is 148 Å². The number of amides is 2. The molecule has 0 aliphatic carbocycles. The van der Waals surface area contributed by atoms with Crippen LogP contribution in [0.4, 0.5) is 5.69 Å². The molecular weight excluding hydrogens is 312 g/mol. The molecule has 2 aromatic carbocycles. The van der Waals surface area contributed by atoms with Gasteiger partial charge in [-0.05, 0) is 36.5 Å². The van der Waals surface area contributed by atoms with Crippen molar-refractivity contribution in [2.75, 3.05) is 18.4 Å². The second-order valence-corrected chi connectivity index (χ2v) is 6.49. The summed E-state index contributed by atoms with van der Waals surface area (Å²) in [7, 11) is 0. The molecular formula is C21H24N2O2. The zero-order chi connectivity index (χ0) is 17.5. The van der Waals surface area contributed by atoms with Crippen LogP contribution in [0.15, 0.2) is 54.6 Å². The van der Waals surface area contributed by atoms with Gasteiger partial charge in [-0.25, -0.2) is 0 Å². The molecule has 0 aromatic heterocycles. The van der Waals surface area contributed by atoms with Crippen molar-refractivity contribution >= 4 is 17.5 Å². The quantitative estimate of drug-likeness (QED) is 0.906.